The Bertz CT molecular complexity index is 453. The van der Waals surface area contributed by atoms with Gasteiger partial charge < -0.3 is 5.32 Å². The maximum absolute atomic E-state index is 12.8. The molecule has 2 aromatic rings. The standard InChI is InChI=1S/C13H15FN2S/c1-9(11-3-5-12(14)6-4-11)16-10(2)13-7-17-8-15-13/h3-10,16H,1-2H3/t9-,10?/m0/s1. The predicted molar refractivity (Wildman–Crippen MR) is 68.5 cm³/mol. The fraction of sp³-hybridized carbons (Fsp3) is 0.308. The van der Waals surface area contributed by atoms with Crippen LogP contribution in [0.2, 0.25) is 0 Å². The predicted octanol–water partition coefficient (Wildman–Crippen LogP) is 3.69. The number of aromatic nitrogens is 1. The number of halogens is 1. The molecule has 2 atom stereocenters. The van der Waals surface area contributed by atoms with Gasteiger partial charge in [0.15, 0.2) is 0 Å². The van der Waals surface area contributed by atoms with Crippen LogP contribution in [0.1, 0.15) is 37.2 Å². The molecule has 0 saturated carbocycles. The number of nitrogens with one attached hydrogen (secondary N) is 1. The highest BCUT2D eigenvalue weighted by Gasteiger charge is 2.12. The molecule has 0 spiro atoms. The first kappa shape index (κ1) is 12.2. The molecule has 1 aromatic carbocycles. The van der Waals surface area contributed by atoms with Gasteiger partial charge in [0, 0.05) is 17.5 Å². The van der Waals surface area contributed by atoms with Gasteiger partial charge in [-0.15, -0.1) is 11.3 Å². The highest BCUT2D eigenvalue weighted by Crippen LogP contribution is 2.19. The van der Waals surface area contributed by atoms with Crippen LogP contribution in [0.5, 0.6) is 0 Å². The topological polar surface area (TPSA) is 24.9 Å². The minimum absolute atomic E-state index is 0.173. The molecule has 17 heavy (non-hydrogen) atoms. The van der Waals surface area contributed by atoms with Gasteiger partial charge in [0.25, 0.3) is 0 Å². The first-order valence-electron chi connectivity index (χ1n) is 5.56. The van der Waals surface area contributed by atoms with Gasteiger partial charge in [-0.25, -0.2) is 9.37 Å². The van der Waals surface area contributed by atoms with Crippen LogP contribution in [0.25, 0.3) is 0 Å². The second kappa shape index (κ2) is 5.38. The van der Waals surface area contributed by atoms with Crippen LogP contribution in [0, 0.1) is 5.82 Å². The van der Waals surface area contributed by atoms with Gasteiger partial charge in [-0.05, 0) is 31.5 Å². The molecule has 0 amide bonds. The number of thiazole rings is 1. The molecular weight excluding hydrogens is 235 g/mol. The van der Waals surface area contributed by atoms with Crippen molar-refractivity contribution in [1.82, 2.24) is 10.3 Å². The van der Waals surface area contributed by atoms with E-state index >= 15 is 0 Å². The van der Waals surface area contributed by atoms with Crippen molar-refractivity contribution < 1.29 is 4.39 Å². The fourth-order valence-electron chi connectivity index (χ4n) is 1.74. The van der Waals surface area contributed by atoms with Crippen LogP contribution >= 0.6 is 11.3 Å². The van der Waals surface area contributed by atoms with Crippen molar-refractivity contribution in [3.8, 4) is 0 Å². The summed E-state index contributed by atoms with van der Waals surface area (Å²) in [5.74, 6) is -0.200. The first-order valence-corrected chi connectivity index (χ1v) is 6.50. The van der Waals surface area contributed by atoms with Crippen LogP contribution in [0.3, 0.4) is 0 Å². The van der Waals surface area contributed by atoms with Crippen molar-refractivity contribution in [3.63, 3.8) is 0 Å². The molecule has 90 valence electrons. The Hall–Kier alpha value is -1.26. The number of rotatable bonds is 4. The third kappa shape index (κ3) is 3.11. The Balaban J connectivity index is 2.01. The number of benzene rings is 1. The second-order valence-electron chi connectivity index (χ2n) is 4.07. The van der Waals surface area contributed by atoms with E-state index in [0.717, 1.165) is 11.3 Å². The molecule has 1 heterocycles. The van der Waals surface area contributed by atoms with E-state index in [-0.39, 0.29) is 17.9 Å². The molecule has 4 heteroatoms. The highest BCUT2D eigenvalue weighted by molar-refractivity contribution is 7.07. The SMILES string of the molecule is CC(N[C@@H](C)c1ccc(F)cc1)c1cscn1. The minimum Gasteiger partial charge on any atom is -0.302 e. The van der Waals surface area contributed by atoms with Gasteiger partial charge in [0.1, 0.15) is 5.82 Å². The number of hydrogen-bond donors (Lipinski definition) is 1. The zero-order valence-corrected chi connectivity index (χ0v) is 10.7. The number of hydrogen-bond acceptors (Lipinski definition) is 3. The molecule has 0 aliphatic carbocycles. The quantitative estimate of drug-likeness (QED) is 0.895. The van der Waals surface area contributed by atoms with E-state index in [0.29, 0.717) is 0 Å². The summed E-state index contributed by atoms with van der Waals surface area (Å²) in [6.45, 7) is 4.14. The van der Waals surface area contributed by atoms with Crippen molar-refractivity contribution in [2.75, 3.05) is 0 Å². The van der Waals surface area contributed by atoms with Gasteiger partial charge in [-0.2, -0.15) is 0 Å². The largest absolute Gasteiger partial charge is 0.302 e. The molecule has 0 fully saturated rings. The Labute approximate surface area is 105 Å². The van der Waals surface area contributed by atoms with E-state index in [1.54, 1.807) is 23.5 Å². The molecule has 2 rings (SSSR count). The molecule has 1 unspecified atom stereocenters. The highest BCUT2D eigenvalue weighted by atomic mass is 32.1. The van der Waals surface area contributed by atoms with Gasteiger partial charge in [-0.3, -0.25) is 0 Å². The molecule has 1 aromatic heterocycles. The Morgan fingerprint density at radius 1 is 1.18 bits per heavy atom. The smallest absolute Gasteiger partial charge is 0.123 e. The lowest BCUT2D eigenvalue weighted by atomic mass is 10.1. The fourth-order valence-corrected chi connectivity index (χ4v) is 2.39. The van der Waals surface area contributed by atoms with Crippen molar-refractivity contribution in [2.45, 2.75) is 25.9 Å². The van der Waals surface area contributed by atoms with E-state index in [1.165, 1.54) is 12.1 Å². The monoisotopic (exact) mass is 250 g/mol. The maximum atomic E-state index is 12.8. The average Bonchev–Trinajstić information content (AvgIpc) is 2.83. The average molecular weight is 250 g/mol. The van der Waals surface area contributed by atoms with Crippen LogP contribution in [-0.4, -0.2) is 4.98 Å². The first-order chi connectivity index (χ1) is 8.16. The third-order valence-corrected chi connectivity index (χ3v) is 3.37. The number of nitrogens with zero attached hydrogens (tertiary/aromatic N) is 1. The summed E-state index contributed by atoms with van der Waals surface area (Å²) < 4.78 is 12.8. The second-order valence-corrected chi connectivity index (χ2v) is 4.79. The van der Waals surface area contributed by atoms with E-state index in [1.807, 2.05) is 10.9 Å². The Morgan fingerprint density at radius 3 is 2.47 bits per heavy atom. The van der Waals surface area contributed by atoms with Crippen LogP contribution < -0.4 is 5.32 Å². The summed E-state index contributed by atoms with van der Waals surface area (Å²) in [6, 6.07) is 6.96. The van der Waals surface area contributed by atoms with Crippen LogP contribution in [0.4, 0.5) is 4.39 Å². The molecule has 1 N–H and O–H groups in total. The van der Waals surface area contributed by atoms with Crippen molar-refractivity contribution in [1.29, 1.82) is 0 Å². The molecule has 0 radical (unpaired) electrons. The van der Waals surface area contributed by atoms with Crippen LogP contribution in [-0.2, 0) is 0 Å². The summed E-state index contributed by atoms with van der Waals surface area (Å²) >= 11 is 1.59. The molecular formula is C13H15FN2S. The summed E-state index contributed by atoms with van der Waals surface area (Å²) in [5, 5.41) is 5.48. The summed E-state index contributed by atoms with van der Waals surface area (Å²) in [4.78, 5) is 4.27. The molecule has 0 bridgehead atoms. The third-order valence-electron chi connectivity index (χ3n) is 2.77. The van der Waals surface area contributed by atoms with Crippen molar-refractivity contribution in [2.24, 2.45) is 0 Å². The van der Waals surface area contributed by atoms with Gasteiger partial charge >= 0.3 is 0 Å². The van der Waals surface area contributed by atoms with E-state index in [4.69, 9.17) is 0 Å². The molecule has 0 aliphatic rings. The minimum atomic E-state index is -0.200. The maximum Gasteiger partial charge on any atom is 0.123 e. The van der Waals surface area contributed by atoms with Gasteiger partial charge in [0.05, 0.1) is 11.2 Å². The molecule has 0 saturated heterocycles. The Kier molecular flexibility index (Phi) is 3.86. The lowest BCUT2D eigenvalue weighted by Crippen LogP contribution is -2.22. The van der Waals surface area contributed by atoms with Gasteiger partial charge in [-0.1, -0.05) is 12.1 Å². The van der Waals surface area contributed by atoms with Gasteiger partial charge in [0.2, 0.25) is 0 Å². The van der Waals surface area contributed by atoms with E-state index in [9.17, 15) is 4.39 Å². The molecule has 0 aliphatic heterocycles. The lowest BCUT2D eigenvalue weighted by Gasteiger charge is -2.19. The summed E-state index contributed by atoms with van der Waals surface area (Å²) in [6.07, 6.45) is 0. The van der Waals surface area contributed by atoms with E-state index < -0.39 is 0 Å². The lowest BCUT2D eigenvalue weighted by molar-refractivity contribution is 0.487. The summed E-state index contributed by atoms with van der Waals surface area (Å²) in [5.41, 5.74) is 3.95. The zero-order valence-electron chi connectivity index (χ0n) is 9.85. The Morgan fingerprint density at radius 2 is 1.88 bits per heavy atom. The van der Waals surface area contributed by atoms with Crippen molar-refractivity contribution in [3.05, 3.63) is 52.2 Å². The normalized spacial score (nSPS) is 14.5. The summed E-state index contributed by atoms with van der Waals surface area (Å²) in [7, 11) is 0. The van der Waals surface area contributed by atoms with Crippen LogP contribution in [0.15, 0.2) is 35.2 Å². The molecule has 2 nitrogen and oxygen atoms in total. The van der Waals surface area contributed by atoms with E-state index in [2.05, 4.69) is 24.1 Å². The zero-order chi connectivity index (χ0) is 12.3. The van der Waals surface area contributed by atoms with Crippen molar-refractivity contribution >= 4 is 11.3 Å².